The van der Waals surface area contributed by atoms with Gasteiger partial charge in [-0.15, -0.1) is 12.4 Å². The lowest BCUT2D eigenvalue weighted by Crippen LogP contribution is -2.36. The third-order valence-electron chi connectivity index (χ3n) is 4.67. The number of nitrogens with one attached hydrogen (secondary N) is 1. The average Bonchev–Trinajstić information content (AvgIpc) is 2.82. The molecule has 0 saturated carbocycles. The number of carbonyl (C=O) groups is 1. The number of amides is 1. The van der Waals surface area contributed by atoms with Gasteiger partial charge in [-0.05, 0) is 47.4 Å². The molecular weight excluding hydrogens is 336 g/mol. The number of hydrogen-bond acceptors (Lipinski definition) is 3. The van der Waals surface area contributed by atoms with E-state index in [1.807, 2.05) is 11.0 Å². The quantitative estimate of drug-likeness (QED) is 0.795. The van der Waals surface area contributed by atoms with E-state index in [1.54, 1.807) is 7.11 Å². The van der Waals surface area contributed by atoms with Crippen molar-refractivity contribution >= 4 is 29.1 Å². The summed E-state index contributed by atoms with van der Waals surface area (Å²) >= 11 is 0. The minimum absolute atomic E-state index is 0. The molecule has 5 heteroatoms. The molecule has 1 heterocycles. The highest BCUT2D eigenvalue weighted by atomic mass is 35.5. The van der Waals surface area contributed by atoms with Crippen molar-refractivity contribution in [2.75, 3.05) is 26.7 Å². The van der Waals surface area contributed by atoms with Crippen LogP contribution < -0.4 is 10.1 Å². The minimum Gasteiger partial charge on any atom is -0.497 e. The summed E-state index contributed by atoms with van der Waals surface area (Å²) in [6, 6.07) is 12.6. The number of methoxy groups -OCH3 is 1. The van der Waals surface area contributed by atoms with E-state index >= 15 is 0 Å². The third-order valence-corrected chi connectivity index (χ3v) is 4.67. The molecule has 1 aliphatic heterocycles. The molecule has 1 amide bonds. The van der Waals surface area contributed by atoms with E-state index in [1.165, 1.54) is 22.8 Å². The Balaban J connectivity index is 0.00000225. The van der Waals surface area contributed by atoms with Gasteiger partial charge in [-0.1, -0.05) is 24.6 Å². The first kappa shape index (κ1) is 19.5. The summed E-state index contributed by atoms with van der Waals surface area (Å²) < 4.78 is 5.26. The maximum atomic E-state index is 12.0. The second-order valence-corrected chi connectivity index (χ2v) is 6.42. The average molecular weight is 363 g/mol. The number of benzene rings is 2. The van der Waals surface area contributed by atoms with Gasteiger partial charge >= 0.3 is 0 Å². The van der Waals surface area contributed by atoms with Crippen LogP contribution in [0.5, 0.6) is 5.75 Å². The molecule has 1 saturated heterocycles. The number of likely N-dealkylation sites (tertiary alicyclic amines) is 1. The molecule has 2 aromatic carbocycles. The number of ether oxygens (including phenoxy) is 1. The number of rotatable bonds is 6. The molecule has 3 rings (SSSR count). The van der Waals surface area contributed by atoms with Crippen LogP contribution in [-0.4, -0.2) is 37.6 Å². The van der Waals surface area contributed by atoms with Crippen LogP contribution in [0, 0.1) is 0 Å². The Labute approximate surface area is 155 Å². The van der Waals surface area contributed by atoms with Gasteiger partial charge in [0.25, 0.3) is 0 Å². The second kappa shape index (κ2) is 9.64. The van der Waals surface area contributed by atoms with Crippen molar-refractivity contribution in [2.45, 2.75) is 32.2 Å². The smallest absolute Gasteiger partial charge is 0.222 e. The number of hydrogen-bond donors (Lipinski definition) is 1. The van der Waals surface area contributed by atoms with Crippen LogP contribution in [0.3, 0.4) is 0 Å². The number of halogens is 1. The lowest BCUT2D eigenvalue weighted by atomic mass is 10.1. The van der Waals surface area contributed by atoms with E-state index in [-0.39, 0.29) is 12.4 Å². The minimum atomic E-state index is 0. The number of fused-ring (bicyclic) bond motifs is 1. The Hall–Kier alpha value is -1.78. The summed E-state index contributed by atoms with van der Waals surface area (Å²) in [7, 11) is 1.69. The van der Waals surface area contributed by atoms with E-state index in [9.17, 15) is 4.79 Å². The summed E-state index contributed by atoms with van der Waals surface area (Å²) in [6.07, 6.45) is 4.08. The van der Waals surface area contributed by atoms with Crippen molar-refractivity contribution < 1.29 is 9.53 Å². The Kier molecular flexibility index (Phi) is 7.53. The summed E-state index contributed by atoms with van der Waals surface area (Å²) in [5.74, 6) is 1.20. The van der Waals surface area contributed by atoms with Gasteiger partial charge < -0.3 is 15.0 Å². The van der Waals surface area contributed by atoms with Gasteiger partial charge in [-0.3, -0.25) is 4.79 Å². The molecule has 0 aromatic heterocycles. The Morgan fingerprint density at radius 2 is 1.88 bits per heavy atom. The zero-order valence-electron chi connectivity index (χ0n) is 14.8. The van der Waals surface area contributed by atoms with E-state index in [4.69, 9.17) is 4.74 Å². The number of carbonyl (C=O) groups excluding carboxylic acids is 1. The Bertz CT molecular complexity index is 705. The lowest BCUT2D eigenvalue weighted by Gasteiger charge is -2.20. The van der Waals surface area contributed by atoms with Crippen molar-refractivity contribution in [1.29, 1.82) is 0 Å². The molecule has 0 aliphatic carbocycles. The van der Waals surface area contributed by atoms with Crippen LogP contribution >= 0.6 is 12.4 Å². The monoisotopic (exact) mass is 362 g/mol. The van der Waals surface area contributed by atoms with Gasteiger partial charge in [0, 0.05) is 32.6 Å². The zero-order chi connectivity index (χ0) is 16.8. The summed E-state index contributed by atoms with van der Waals surface area (Å²) in [5.41, 5.74) is 1.26. The molecule has 0 atom stereocenters. The fraction of sp³-hybridized carbons (Fsp3) is 0.450. The standard InChI is InChI=1S/C20H26N2O2.ClH/c1-24-19-9-8-17-13-16(6-7-18(17)14-19)15-21-10-12-22-11-4-2-3-5-20(22)23;/h6-9,13-14,21H,2-5,10-12,15H2,1H3;1H. The van der Waals surface area contributed by atoms with E-state index in [0.717, 1.165) is 44.8 Å². The fourth-order valence-corrected chi connectivity index (χ4v) is 3.23. The van der Waals surface area contributed by atoms with Gasteiger partial charge in [-0.25, -0.2) is 0 Å². The molecule has 136 valence electrons. The maximum absolute atomic E-state index is 12.0. The zero-order valence-corrected chi connectivity index (χ0v) is 15.6. The van der Waals surface area contributed by atoms with Crippen LogP contribution in [0.15, 0.2) is 36.4 Å². The first-order valence-corrected chi connectivity index (χ1v) is 8.81. The Morgan fingerprint density at radius 3 is 2.72 bits per heavy atom. The van der Waals surface area contributed by atoms with Crippen molar-refractivity contribution in [1.82, 2.24) is 10.2 Å². The molecule has 0 radical (unpaired) electrons. The van der Waals surface area contributed by atoms with Gasteiger partial charge in [0.15, 0.2) is 0 Å². The van der Waals surface area contributed by atoms with Crippen molar-refractivity contribution in [3.63, 3.8) is 0 Å². The van der Waals surface area contributed by atoms with Crippen molar-refractivity contribution in [3.05, 3.63) is 42.0 Å². The molecular formula is C20H27ClN2O2. The molecule has 0 unspecified atom stereocenters. The third kappa shape index (κ3) is 5.35. The van der Waals surface area contributed by atoms with Crippen LogP contribution in [0.4, 0.5) is 0 Å². The van der Waals surface area contributed by atoms with Crippen molar-refractivity contribution in [2.24, 2.45) is 0 Å². The predicted molar refractivity (Wildman–Crippen MR) is 105 cm³/mol. The normalized spacial score (nSPS) is 14.9. The Morgan fingerprint density at radius 1 is 1.08 bits per heavy atom. The summed E-state index contributed by atoms with van der Waals surface area (Å²) in [4.78, 5) is 14.0. The first-order chi connectivity index (χ1) is 11.8. The molecule has 2 aromatic rings. The molecule has 25 heavy (non-hydrogen) atoms. The molecule has 0 bridgehead atoms. The van der Waals surface area contributed by atoms with Gasteiger partial charge in [0.2, 0.25) is 5.91 Å². The summed E-state index contributed by atoms with van der Waals surface area (Å²) in [5, 5.41) is 5.87. The highest BCUT2D eigenvalue weighted by molar-refractivity contribution is 5.85. The molecule has 1 aliphatic rings. The lowest BCUT2D eigenvalue weighted by molar-refractivity contribution is -0.130. The van der Waals surface area contributed by atoms with Gasteiger partial charge in [0.1, 0.15) is 5.75 Å². The highest BCUT2D eigenvalue weighted by Crippen LogP contribution is 2.21. The van der Waals surface area contributed by atoms with Crippen LogP contribution in [-0.2, 0) is 11.3 Å². The number of nitrogens with zero attached hydrogens (tertiary/aromatic N) is 1. The topological polar surface area (TPSA) is 41.6 Å². The van der Waals surface area contributed by atoms with Crippen LogP contribution in [0.2, 0.25) is 0 Å². The highest BCUT2D eigenvalue weighted by Gasteiger charge is 2.15. The first-order valence-electron chi connectivity index (χ1n) is 8.81. The van der Waals surface area contributed by atoms with Crippen LogP contribution in [0.1, 0.15) is 31.2 Å². The van der Waals surface area contributed by atoms with E-state index in [0.29, 0.717) is 12.3 Å². The largest absolute Gasteiger partial charge is 0.497 e. The maximum Gasteiger partial charge on any atom is 0.222 e. The predicted octanol–water partition coefficient (Wildman–Crippen LogP) is 3.76. The SMILES string of the molecule is COc1ccc2cc(CNCCN3CCCCCC3=O)ccc2c1.Cl. The summed E-state index contributed by atoms with van der Waals surface area (Å²) in [6.45, 7) is 3.39. The molecule has 0 spiro atoms. The van der Waals surface area contributed by atoms with E-state index in [2.05, 4.69) is 35.6 Å². The van der Waals surface area contributed by atoms with Crippen molar-refractivity contribution in [3.8, 4) is 5.75 Å². The second-order valence-electron chi connectivity index (χ2n) is 6.42. The fourth-order valence-electron chi connectivity index (χ4n) is 3.23. The van der Waals surface area contributed by atoms with Gasteiger partial charge in [0.05, 0.1) is 7.11 Å². The van der Waals surface area contributed by atoms with E-state index < -0.39 is 0 Å². The molecule has 4 nitrogen and oxygen atoms in total. The molecule has 1 fully saturated rings. The van der Waals surface area contributed by atoms with Crippen LogP contribution in [0.25, 0.3) is 10.8 Å². The molecule has 1 N–H and O–H groups in total. The van der Waals surface area contributed by atoms with Gasteiger partial charge in [-0.2, -0.15) is 0 Å².